The fraction of sp³-hybridized carbons (Fsp3) is 0.320. The molecule has 1 unspecified atom stereocenters. The van der Waals surface area contributed by atoms with E-state index in [0.717, 1.165) is 20.7 Å². The molecule has 1 aromatic carbocycles. The molecule has 14 heteroatoms. The first-order chi connectivity index (χ1) is 18.6. The number of benzene rings is 1. The summed E-state index contributed by atoms with van der Waals surface area (Å²) in [7, 11) is 0. The van der Waals surface area contributed by atoms with Gasteiger partial charge in [-0.15, -0.1) is 20.4 Å². The second kappa shape index (κ2) is 10.8. The minimum atomic E-state index is -0.588. The molecule has 200 valence electrons. The number of thioether (sulfide) groups is 1. The van der Waals surface area contributed by atoms with Crippen molar-refractivity contribution < 1.29 is 9.59 Å². The molecule has 3 aromatic rings. The van der Waals surface area contributed by atoms with Crippen molar-refractivity contribution in [2.75, 3.05) is 16.0 Å². The van der Waals surface area contributed by atoms with Crippen molar-refractivity contribution >= 4 is 72.3 Å². The van der Waals surface area contributed by atoms with Gasteiger partial charge in [0.25, 0.3) is 0 Å². The number of nitrogens with two attached hydrogens (primary N) is 1. The number of ketones is 1. The number of aryl methyl sites for hydroxylation is 1. The Morgan fingerprint density at radius 2 is 2.03 bits per heavy atom. The lowest BCUT2D eigenvalue weighted by Crippen LogP contribution is -2.42. The van der Waals surface area contributed by atoms with Gasteiger partial charge in [0.05, 0.1) is 23.3 Å². The first-order valence-corrected chi connectivity index (χ1v) is 15.3. The smallest absolute Gasteiger partial charge is 0.236 e. The van der Waals surface area contributed by atoms with E-state index in [9.17, 15) is 14.9 Å². The van der Waals surface area contributed by atoms with Gasteiger partial charge in [-0.25, -0.2) is 0 Å². The lowest BCUT2D eigenvalue weighted by Gasteiger charge is -2.42. The minimum absolute atomic E-state index is 0.0186. The van der Waals surface area contributed by atoms with Crippen molar-refractivity contribution in [1.29, 1.82) is 5.26 Å². The average Bonchev–Trinajstić information content (AvgIpc) is 3.50. The zero-order chi connectivity index (χ0) is 27.9. The SMILES string of the molecule is Cc1nnc(NC(=O)CSc2nnc(N3C(N)=C(C#N)C(c4ccccc4Br)C4=C3CC(C)(C)CC4=O)s2)s1. The lowest BCUT2D eigenvalue weighted by molar-refractivity contribution is -0.118. The summed E-state index contributed by atoms with van der Waals surface area (Å²) >= 11 is 7.37. The van der Waals surface area contributed by atoms with Gasteiger partial charge in [0, 0.05) is 22.2 Å². The number of nitrogens with zero attached hydrogens (tertiary/aromatic N) is 6. The van der Waals surface area contributed by atoms with E-state index in [1.54, 1.807) is 4.90 Å². The molecule has 0 saturated carbocycles. The number of amides is 1. The summed E-state index contributed by atoms with van der Waals surface area (Å²) in [6.07, 6.45) is 0.930. The maximum atomic E-state index is 13.7. The molecule has 0 spiro atoms. The molecule has 1 amide bonds. The molecule has 3 N–H and O–H groups in total. The highest BCUT2D eigenvalue weighted by atomic mass is 79.9. The second-order valence-corrected chi connectivity index (χ2v) is 14.0. The molecule has 3 heterocycles. The summed E-state index contributed by atoms with van der Waals surface area (Å²) in [5.41, 5.74) is 8.75. The van der Waals surface area contributed by atoms with Gasteiger partial charge < -0.3 is 5.73 Å². The molecule has 2 aromatic heterocycles. The highest BCUT2D eigenvalue weighted by molar-refractivity contribution is 9.10. The second-order valence-electron chi connectivity index (χ2n) is 9.82. The zero-order valence-corrected chi connectivity index (χ0v) is 25.2. The van der Waals surface area contributed by atoms with E-state index in [1.165, 1.54) is 34.4 Å². The normalized spacial score (nSPS) is 18.7. The number of hydrogen-bond acceptors (Lipinski definition) is 12. The third-order valence-electron chi connectivity index (χ3n) is 6.28. The summed E-state index contributed by atoms with van der Waals surface area (Å²) in [5, 5.41) is 31.0. The third-order valence-corrected chi connectivity index (χ3v) is 9.80. The summed E-state index contributed by atoms with van der Waals surface area (Å²) in [6.45, 7) is 5.89. The van der Waals surface area contributed by atoms with Crippen LogP contribution in [-0.2, 0) is 9.59 Å². The molecule has 5 rings (SSSR count). The summed E-state index contributed by atoms with van der Waals surface area (Å²) in [5.74, 6) is -0.520. The Balaban J connectivity index is 1.49. The van der Waals surface area contributed by atoms with E-state index in [-0.39, 0.29) is 34.3 Å². The van der Waals surface area contributed by atoms with E-state index in [0.29, 0.717) is 33.0 Å². The predicted octanol–water partition coefficient (Wildman–Crippen LogP) is 5.13. The number of Topliss-reactive ketones (excluding diaryl/α,β-unsaturated/α-hetero) is 1. The van der Waals surface area contributed by atoms with E-state index in [2.05, 4.69) is 47.7 Å². The summed E-state index contributed by atoms with van der Waals surface area (Å²) in [4.78, 5) is 27.7. The van der Waals surface area contributed by atoms with E-state index >= 15 is 0 Å². The fourth-order valence-corrected chi connectivity index (χ4v) is 7.53. The van der Waals surface area contributed by atoms with Gasteiger partial charge in [-0.05, 0) is 30.4 Å². The van der Waals surface area contributed by atoms with Crippen LogP contribution in [0.15, 0.2) is 55.7 Å². The molecule has 0 saturated heterocycles. The van der Waals surface area contributed by atoms with Gasteiger partial charge in [-0.3, -0.25) is 19.8 Å². The number of anilines is 2. The number of hydrogen-bond donors (Lipinski definition) is 2. The fourth-order valence-electron chi connectivity index (χ4n) is 4.73. The summed E-state index contributed by atoms with van der Waals surface area (Å²) < 4.78 is 1.35. The Morgan fingerprint density at radius 3 is 2.72 bits per heavy atom. The molecule has 1 aliphatic carbocycles. The summed E-state index contributed by atoms with van der Waals surface area (Å²) in [6, 6.07) is 9.83. The highest BCUT2D eigenvalue weighted by Gasteiger charge is 2.45. The number of halogens is 1. The van der Waals surface area contributed by atoms with Gasteiger partial charge in [-0.2, -0.15) is 5.26 Å². The number of rotatable bonds is 6. The van der Waals surface area contributed by atoms with Crippen LogP contribution in [-0.4, -0.2) is 37.8 Å². The van der Waals surface area contributed by atoms with Crippen LogP contribution >= 0.6 is 50.4 Å². The van der Waals surface area contributed by atoms with Crippen LogP contribution in [0.1, 0.15) is 43.2 Å². The zero-order valence-electron chi connectivity index (χ0n) is 21.2. The van der Waals surface area contributed by atoms with Crippen molar-refractivity contribution in [3.8, 4) is 6.07 Å². The van der Waals surface area contributed by atoms with Gasteiger partial charge >= 0.3 is 0 Å². The molecule has 1 aliphatic heterocycles. The molecule has 0 bridgehead atoms. The van der Waals surface area contributed by atoms with Crippen LogP contribution in [0.2, 0.25) is 0 Å². The average molecular weight is 644 g/mol. The quantitative estimate of drug-likeness (QED) is 0.346. The van der Waals surface area contributed by atoms with E-state index in [1.807, 2.05) is 45.0 Å². The van der Waals surface area contributed by atoms with Crippen LogP contribution in [0.3, 0.4) is 0 Å². The highest BCUT2D eigenvalue weighted by Crippen LogP contribution is 2.51. The standard InChI is InChI=1S/C25H23BrN8O2S3/c1-12-30-31-22(38-12)29-18(36)11-37-24-33-32-23(39-24)34-16-8-25(2,3)9-17(35)20(16)19(14(10-27)21(34)28)13-6-4-5-7-15(13)26/h4-7,19H,8-9,11,28H2,1-3H3,(H,29,31,36). The first kappa shape index (κ1) is 27.4. The van der Waals surface area contributed by atoms with Gasteiger partial charge in [0.15, 0.2) is 10.1 Å². The number of carbonyl (C=O) groups excluding carboxylic acids is 2. The number of aromatic nitrogens is 4. The van der Waals surface area contributed by atoms with Crippen molar-refractivity contribution in [3.63, 3.8) is 0 Å². The van der Waals surface area contributed by atoms with Crippen LogP contribution in [0.5, 0.6) is 0 Å². The van der Waals surface area contributed by atoms with Crippen molar-refractivity contribution in [2.24, 2.45) is 11.1 Å². The molecule has 1 atom stereocenters. The topological polar surface area (TPSA) is 151 Å². The van der Waals surface area contributed by atoms with Crippen LogP contribution in [0.4, 0.5) is 10.3 Å². The van der Waals surface area contributed by atoms with E-state index < -0.39 is 5.92 Å². The molecule has 10 nitrogen and oxygen atoms in total. The largest absolute Gasteiger partial charge is 0.384 e. The van der Waals surface area contributed by atoms with Crippen LogP contribution in [0, 0.1) is 23.7 Å². The Morgan fingerprint density at radius 1 is 1.26 bits per heavy atom. The lowest BCUT2D eigenvalue weighted by atomic mass is 9.69. The Hall–Kier alpha value is -3.12. The Labute approximate surface area is 245 Å². The Kier molecular flexibility index (Phi) is 7.60. The Bertz CT molecular complexity index is 1590. The third kappa shape index (κ3) is 5.49. The van der Waals surface area contributed by atoms with Gasteiger partial charge in [0.1, 0.15) is 10.8 Å². The molecule has 2 aliphatic rings. The van der Waals surface area contributed by atoms with Crippen LogP contribution < -0.4 is 16.0 Å². The van der Waals surface area contributed by atoms with Crippen molar-refractivity contribution in [3.05, 3.63) is 62.0 Å². The predicted molar refractivity (Wildman–Crippen MR) is 155 cm³/mol. The minimum Gasteiger partial charge on any atom is -0.384 e. The maximum absolute atomic E-state index is 13.7. The molecular formula is C25H23BrN8O2S3. The van der Waals surface area contributed by atoms with Crippen molar-refractivity contribution in [1.82, 2.24) is 20.4 Å². The number of allylic oxidation sites excluding steroid dienone is 3. The van der Waals surface area contributed by atoms with Gasteiger partial charge in [-0.1, -0.05) is 82.4 Å². The number of carbonyl (C=O) groups is 2. The molecule has 0 fully saturated rings. The van der Waals surface area contributed by atoms with E-state index in [4.69, 9.17) is 5.73 Å². The van der Waals surface area contributed by atoms with Gasteiger partial charge in [0.2, 0.25) is 16.2 Å². The first-order valence-electron chi connectivity index (χ1n) is 11.8. The van der Waals surface area contributed by atoms with Crippen molar-refractivity contribution in [2.45, 2.75) is 43.9 Å². The van der Waals surface area contributed by atoms with Crippen LogP contribution in [0.25, 0.3) is 0 Å². The number of nitriles is 1. The number of nitrogens with one attached hydrogen (secondary N) is 1. The molecule has 39 heavy (non-hydrogen) atoms. The molecule has 0 radical (unpaired) electrons. The molecular weight excluding hydrogens is 620 g/mol. The monoisotopic (exact) mass is 642 g/mol. The maximum Gasteiger partial charge on any atom is 0.236 e.